The number of hydrogen-bond acceptors (Lipinski definition) is 6. The zero-order valence-corrected chi connectivity index (χ0v) is 16.8. The van der Waals surface area contributed by atoms with E-state index in [1.54, 1.807) is 13.8 Å². The third-order valence-electron chi connectivity index (χ3n) is 5.00. The van der Waals surface area contributed by atoms with Crippen molar-refractivity contribution in [2.75, 3.05) is 7.11 Å². The number of hydrogen-bond donors (Lipinski definition) is 1. The summed E-state index contributed by atoms with van der Waals surface area (Å²) in [6, 6.07) is 9.01. The van der Waals surface area contributed by atoms with Crippen LogP contribution in [-0.2, 0) is 25.6 Å². The maximum Gasteiger partial charge on any atom is 0.323 e. The number of carbonyl (C=O) groups is 2. The minimum Gasteiger partial charge on any atom is -0.469 e. The molecule has 0 spiro atoms. The quantitative estimate of drug-likeness (QED) is 0.736. The molecule has 1 aromatic rings. The van der Waals surface area contributed by atoms with Gasteiger partial charge in [0.1, 0.15) is 12.0 Å². The number of esters is 2. The molecule has 1 heterocycles. The molecule has 0 saturated carbocycles. The number of ether oxygens (including phenoxy) is 2. The molecule has 6 nitrogen and oxygen atoms in total. The summed E-state index contributed by atoms with van der Waals surface area (Å²) in [4.78, 5) is 27.1. The lowest BCUT2D eigenvalue weighted by Gasteiger charge is -2.38. The Labute approximate surface area is 161 Å². The van der Waals surface area contributed by atoms with Crippen molar-refractivity contribution in [2.45, 2.75) is 70.9 Å². The first-order valence-corrected chi connectivity index (χ1v) is 9.45. The number of carbonyl (C=O) groups excluding carboxylic acids is 2. The normalized spacial score (nSPS) is 21.9. The molecule has 0 amide bonds. The molecule has 27 heavy (non-hydrogen) atoms. The molecule has 1 fully saturated rings. The molecule has 1 aliphatic heterocycles. The fourth-order valence-electron chi connectivity index (χ4n) is 3.88. The summed E-state index contributed by atoms with van der Waals surface area (Å²) < 4.78 is 10.4. The third-order valence-corrected chi connectivity index (χ3v) is 5.00. The van der Waals surface area contributed by atoms with Crippen LogP contribution in [0.25, 0.3) is 0 Å². The summed E-state index contributed by atoms with van der Waals surface area (Å²) >= 11 is 0. The second-order valence-electron chi connectivity index (χ2n) is 7.96. The lowest BCUT2D eigenvalue weighted by atomic mass is 9.83. The lowest BCUT2D eigenvalue weighted by molar-refractivity contribution is -0.162. The summed E-state index contributed by atoms with van der Waals surface area (Å²) in [6.07, 6.45) is 0.974. The van der Waals surface area contributed by atoms with E-state index >= 15 is 0 Å². The molecule has 0 bridgehead atoms. The van der Waals surface area contributed by atoms with E-state index in [2.05, 4.69) is 0 Å². The molecule has 150 valence electrons. The van der Waals surface area contributed by atoms with Crippen molar-refractivity contribution in [2.24, 2.45) is 5.92 Å². The van der Waals surface area contributed by atoms with Crippen LogP contribution < -0.4 is 0 Å². The molecule has 3 atom stereocenters. The van der Waals surface area contributed by atoms with Gasteiger partial charge in [-0.1, -0.05) is 30.3 Å². The molecule has 1 saturated heterocycles. The SMILES string of the molecule is COC(=O)[C@H]([C@H]1CC[C@@H](C(=O)OC(C)C)N1Cc1ccccc1)C(C)(C)O. The molecule has 1 aromatic carbocycles. The average Bonchev–Trinajstić information content (AvgIpc) is 2.97. The highest BCUT2D eigenvalue weighted by Crippen LogP contribution is 2.37. The van der Waals surface area contributed by atoms with Crippen LogP contribution in [-0.4, -0.2) is 52.8 Å². The molecule has 0 aromatic heterocycles. The van der Waals surface area contributed by atoms with Crippen molar-refractivity contribution in [1.29, 1.82) is 0 Å². The van der Waals surface area contributed by atoms with Gasteiger partial charge in [0.2, 0.25) is 0 Å². The summed E-state index contributed by atoms with van der Waals surface area (Å²) in [6.45, 7) is 7.34. The van der Waals surface area contributed by atoms with Gasteiger partial charge in [0.25, 0.3) is 0 Å². The van der Waals surface area contributed by atoms with Gasteiger partial charge in [-0.05, 0) is 46.1 Å². The number of aliphatic hydroxyl groups is 1. The maximum absolute atomic E-state index is 12.7. The smallest absolute Gasteiger partial charge is 0.323 e. The molecule has 0 aliphatic carbocycles. The zero-order valence-electron chi connectivity index (χ0n) is 16.8. The van der Waals surface area contributed by atoms with Crippen molar-refractivity contribution in [3.63, 3.8) is 0 Å². The Morgan fingerprint density at radius 2 is 1.85 bits per heavy atom. The second kappa shape index (κ2) is 8.85. The summed E-state index contributed by atoms with van der Waals surface area (Å²) in [5, 5.41) is 10.6. The second-order valence-corrected chi connectivity index (χ2v) is 7.96. The number of benzene rings is 1. The van der Waals surface area contributed by atoms with E-state index in [-0.39, 0.29) is 18.1 Å². The number of nitrogens with zero attached hydrogens (tertiary/aromatic N) is 1. The van der Waals surface area contributed by atoms with Crippen LogP contribution in [0.5, 0.6) is 0 Å². The molecule has 2 rings (SSSR count). The highest BCUT2D eigenvalue weighted by Gasteiger charge is 2.49. The van der Waals surface area contributed by atoms with Gasteiger partial charge in [-0.15, -0.1) is 0 Å². The average molecular weight is 377 g/mol. The van der Waals surface area contributed by atoms with Crippen LogP contribution in [0, 0.1) is 5.92 Å². The Morgan fingerprint density at radius 3 is 2.37 bits per heavy atom. The van der Waals surface area contributed by atoms with Crippen LogP contribution >= 0.6 is 0 Å². The van der Waals surface area contributed by atoms with Gasteiger partial charge in [-0.2, -0.15) is 0 Å². The van der Waals surface area contributed by atoms with Crippen molar-refractivity contribution < 1.29 is 24.2 Å². The van der Waals surface area contributed by atoms with E-state index in [0.29, 0.717) is 19.4 Å². The minimum atomic E-state index is -1.27. The van der Waals surface area contributed by atoms with E-state index in [1.165, 1.54) is 7.11 Å². The van der Waals surface area contributed by atoms with Gasteiger partial charge in [-0.3, -0.25) is 14.5 Å². The van der Waals surface area contributed by atoms with Crippen LogP contribution in [0.2, 0.25) is 0 Å². The largest absolute Gasteiger partial charge is 0.469 e. The van der Waals surface area contributed by atoms with Crippen LogP contribution in [0.1, 0.15) is 46.1 Å². The van der Waals surface area contributed by atoms with Crippen molar-refractivity contribution >= 4 is 11.9 Å². The Hall–Kier alpha value is -1.92. The Balaban J connectivity index is 2.36. The fourth-order valence-corrected chi connectivity index (χ4v) is 3.88. The highest BCUT2D eigenvalue weighted by atomic mass is 16.5. The predicted molar refractivity (Wildman–Crippen MR) is 102 cm³/mol. The van der Waals surface area contributed by atoms with Crippen LogP contribution in [0.15, 0.2) is 30.3 Å². The monoisotopic (exact) mass is 377 g/mol. The van der Waals surface area contributed by atoms with Crippen molar-refractivity contribution in [3.8, 4) is 0 Å². The van der Waals surface area contributed by atoms with E-state index in [9.17, 15) is 14.7 Å². The maximum atomic E-state index is 12.7. The topological polar surface area (TPSA) is 76.1 Å². The first kappa shape index (κ1) is 21.4. The van der Waals surface area contributed by atoms with Crippen molar-refractivity contribution in [3.05, 3.63) is 35.9 Å². The van der Waals surface area contributed by atoms with Gasteiger partial charge in [0, 0.05) is 12.6 Å². The van der Waals surface area contributed by atoms with Crippen molar-refractivity contribution in [1.82, 2.24) is 4.90 Å². The predicted octanol–water partition coefficient (Wildman–Crippen LogP) is 2.53. The first-order valence-electron chi connectivity index (χ1n) is 9.45. The fraction of sp³-hybridized carbons (Fsp3) is 0.619. The Bertz CT molecular complexity index is 638. The summed E-state index contributed by atoms with van der Waals surface area (Å²) in [7, 11) is 1.32. The first-order chi connectivity index (χ1) is 12.6. The number of rotatable bonds is 7. The molecule has 1 N–H and O–H groups in total. The van der Waals surface area contributed by atoms with E-state index in [0.717, 1.165) is 5.56 Å². The highest BCUT2D eigenvalue weighted by molar-refractivity contribution is 5.78. The van der Waals surface area contributed by atoms with Gasteiger partial charge < -0.3 is 14.6 Å². The minimum absolute atomic E-state index is 0.208. The third kappa shape index (κ3) is 5.30. The van der Waals surface area contributed by atoms with Crippen LogP contribution in [0.3, 0.4) is 0 Å². The molecule has 1 aliphatic rings. The van der Waals surface area contributed by atoms with E-state index < -0.39 is 23.5 Å². The number of methoxy groups -OCH3 is 1. The molecular weight excluding hydrogens is 346 g/mol. The van der Waals surface area contributed by atoms with Gasteiger partial charge in [0.05, 0.1) is 18.8 Å². The number of likely N-dealkylation sites (tertiary alicyclic amines) is 1. The van der Waals surface area contributed by atoms with E-state index in [1.807, 2.05) is 49.1 Å². The van der Waals surface area contributed by atoms with Gasteiger partial charge in [-0.25, -0.2) is 0 Å². The Morgan fingerprint density at radius 1 is 1.22 bits per heavy atom. The zero-order chi connectivity index (χ0) is 20.2. The molecule has 0 unspecified atom stereocenters. The van der Waals surface area contributed by atoms with Crippen LogP contribution in [0.4, 0.5) is 0 Å². The molecule has 0 radical (unpaired) electrons. The molecular formula is C21H31NO5. The standard InChI is InChI=1S/C21H31NO5/c1-14(2)27-19(23)17-12-11-16(18(20(24)26-5)21(3,4)25)22(17)13-15-9-7-6-8-10-15/h6-10,14,16-18,25H,11-13H2,1-5H3/t16-,17+,18+/m1/s1. The molecule has 6 heteroatoms. The summed E-state index contributed by atoms with van der Waals surface area (Å²) in [5.74, 6) is -1.52. The van der Waals surface area contributed by atoms with E-state index in [4.69, 9.17) is 9.47 Å². The summed E-state index contributed by atoms with van der Waals surface area (Å²) in [5.41, 5.74) is -0.241. The van der Waals surface area contributed by atoms with Gasteiger partial charge >= 0.3 is 11.9 Å². The Kier molecular flexibility index (Phi) is 7.00. The lowest BCUT2D eigenvalue weighted by Crippen LogP contribution is -2.52. The van der Waals surface area contributed by atoms with Gasteiger partial charge in [0.15, 0.2) is 0 Å².